The molecule has 0 aliphatic rings. The van der Waals surface area contributed by atoms with E-state index < -0.39 is 0 Å². The Labute approximate surface area is 160 Å². The highest BCUT2D eigenvalue weighted by Crippen LogP contribution is 2.17. The van der Waals surface area contributed by atoms with Gasteiger partial charge in [-0.25, -0.2) is 0 Å². The summed E-state index contributed by atoms with van der Waals surface area (Å²) in [5, 5.41) is 14.5. The van der Waals surface area contributed by atoms with E-state index >= 15 is 0 Å². The number of nitrogens with zero attached hydrogens (tertiary/aromatic N) is 3. The summed E-state index contributed by atoms with van der Waals surface area (Å²) in [5.74, 6) is 2.13. The van der Waals surface area contributed by atoms with Crippen molar-refractivity contribution < 1.29 is 9.47 Å². The number of hydrogen-bond acceptors (Lipinski definition) is 5. The number of hydrogen-bond donors (Lipinski definition) is 2. The lowest BCUT2D eigenvalue weighted by molar-refractivity contribution is 0.304. The van der Waals surface area contributed by atoms with Crippen LogP contribution in [-0.2, 0) is 0 Å². The molecule has 0 spiro atoms. The first-order valence-electron chi connectivity index (χ1n) is 8.95. The summed E-state index contributed by atoms with van der Waals surface area (Å²) in [5.41, 5.74) is 0.835. The van der Waals surface area contributed by atoms with Gasteiger partial charge in [0.2, 0.25) is 5.96 Å². The monoisotopic (exact) mass is 367 g/mol. The van der Waals surface area contributed by atoms with E-state index in [2.05, 4.69) is 20.6 Å². The van der Waals surface area contributed by atoms with Crippen molar-refractivity contribution in [3.8, 4) is 17.7 Å². The van der Waals surface area contributed by atoms with Gasteiger partial charge in [-0.1, -0.05) is 6.42 Å². The molecule has 1 heterocycles. The van der Waals surface area contributed by atoms with E-state index in [1.165, 1.54) is 0 Å². The maximum absolute atomic E-state index is 8.82. The highest BCUT2D eigenvalue weighted by Gasteiger charge is 1.99. The number of anilines is 1. The van der Waals surface area contributed by atoms with Crippen LogP contribution in [-0.4, -0.2) is 31.2 Å². The van der Waals surface area contributed by atoms with Gasteiger partial charge >= 0.3 is 0 Å². The van der Waals surface area contributed by atoms with Gasteiger partial charge in [-0.3, -0.25) is 15.3 Å². The van der Waals surface area contributed by atoms with Gasteiger partial charge in [0.25, 0.3) is 0 Å². The molecule has 0 saturated carbocycles. The van der Waals surface area contributed by atoms with Crippen LogP contribution in [0, 0.1) is 11.5 Å². The zero-order valence-electron chi connectivity index (χ0n) is 15.5. The van der Waals surface area contributed by atoms with E-state index in [-0.39, 0.29) is 0 Å². The average molecular weight is 367 g/mol. The van der Waals surface area contributed by atoms with Gasteiger partial charge in [0.1, 0.15) is 11.5 Å². The maximum atomic E-state index is 8.82. The van der Waals surface area contributed by atoms with E-state index in [1.807, 2.05) is 42.6 Å². The van der Waals surface area contributed by atoms with Gasteiger partial charge in [0.15, 0.2) is 6.19 Å². The van der Waals surface area contributed by atoms with E-state index in [9.17, 15) is 0 Å². The molecule has 0 atom stereocenters. The summed E-state index contributed by atoms with van der Waals surface area (Å²) in [6, 6.07) is 11.2. The molecule has 0 radical (unpaired) electrons. The number of nitriles is 1. The molecule has 0 bridgehead atoms. The van der Waals surface area contributed by atoms with Crippen molar-refractivity contribution in [1.82, 2.24) is 10.3 Å². The molecule has 142 valence electrons. The summed E-state index contributed by atoms with van der Waals surface area (Å²) in [7, 11) is 1.65. The molecule has 0 unspecified atom stereocenters. The van der Waals surface area contributed by atoms with Crippen molar-refractivity contribution in [3.63, 3.8) is 0 Å². The molecule has 0 amide bonds. The molecule has 0 fully saturated rings. The van der Waals surface area contributed by atoms with E-state index in [0.29, 0.717) is 19.1 Å². The van der Waals surface area contributed by atoms with Crippen LogP contribution >= 0.6 is 0 Å². The number of rotatable bonds is 10. The minimum absolute atomic E-state index is 0.450. The van der Waals surface area contributed by atoms with E-state index in [4.69, 9.17) is 14.7 Å². The van der Waals surface area contributed by atoms with Crippen LogP contribution in [0.2, 0.25) is 0 Å². The summed E-state index contributed by atoms with van der Waals surface area (Å²) >= 11 is 0. The van der Waals surface area contributed by atoms with Crippen LogP contribution in [0.3, 0.4) is 0 Å². The van der Waals surface area contributed by atoms with Crippen molar-refractivity contribution in [2.45, 2.75) is 25.7 Å². The fraction of sp³-hybridized carbons (Fsp3) is 0.350. The smallest absolute Gasteiger partial charge is 0.209 e. The van der Waals surface area contributed by atoms with Gasteiger partial charge in [0.05, 0.1) is 13.7 Å². The standard InChI is InChI=1S/C20H25N5O2/c1-26-18-6-8-19(9-7-18)27-15-5-3-2-4-12-23-20(24-16-21)25-17-10-13-22-14-11-17/h6-11,13-14H,2-5,12,15H2,1H3,(H2,22,23,24,25). The SMILES string of the molecule is COc1ccc(OCCCCCCN=C(NC#N)Nc2ccncc2)cc1. The fourth-order valence-electron chi connectivity index (χ4n) is 2.36. The van der Waals surface area contributed by atoms with Crippen molar-refractivity contribution in [2.75, 3.05) is 25.6 Å². The van der Waals surface area contributed by atoms with Crippen LogP contribution in [0.1, 0.15) is 25.7 Å². The lowest BCUT2D eigenvalue weighted by Gasteiger charge is -2.08. The molecule has 1 aromatic heterocycles. The van der Waals surface area contributed by atoms with E-state index in [1.54, 1.807) is 19.5 Å². The predicted octanol–water partition coefficient (Wildman–Crippen LogP) is 3.57. The zero-order chi connectivity index (χ0) is 19.2. The third-order valence-corrected chi connectivity index (χ3v) is 3.77. The van der Waals surface area contributed by atoms with Crippen molar-refractivity contribution in [3.05, 3.63) is 48.8 Å². The predicted molar refractivity (Wildman–Crippen MR) is 106 cm³/mol. The lowest BCUT2D eigenvalue weighted by Crippen LogP contribution is -2.27. The third-order valence-electron chi connectivity index (χ3n) is 3.77. The van der Waals surface area contributed by atoms with Crippen molar-refractivity contribution in [2.24, 2.45) is 4.99 Å². The van der Waals surface area contributed by atoms with Crippen LogP contribution < -0.4 is 20.1 Å². The topological polar surface area (TPSA) is 91.6 Å². The highest BCUT2D eigenvalue weighted by atomic mass is 16.5. The number of unbranched alkanes of at least 4 members (excludes halogenated alkanes) is 3. The number of aromatic nitrogens is 1. The Bertz CT molecular complexity index is 726. The average Bonchev–Trinajstić information content (AvgIpc) is 2.71. The molecular formula is C20H25N5O2. The van der Waals surface area contributed by atoms with Crippen molar-refractivity contribution in [1.29, 1.82) is 5.26 Å². The van der Waals surface area contributed by atoms with Crippen LogP contribution in [0.4, 0.5) is 5.69 Å². The second-order valence-electron chi connectivity index (χ2n) is 5.77. The van der Waals surface area contributed by atoms with Gasteiger partial charge in [-0.05, 0) is 55.7 Å². The molecule has 2 N–H and O–H groups in total. The Kier molecular flexibility index (Phi) is 9.02. The summed E-state index contributed by atoms with van der Waals surface area (Å²) in [6.07, 6.45) is 9.34. The Hall–Kier alpha value is -3.27. The second-order valence-corrected chi connectivity index (χ2v) is 5.77. The molecule has 0 aliphatic carbocycles. The number of ether oxygens (including phenoxy) is 2. The minimum Gasteiger partial charge on any atom is -0.497 e. The normalized spacial score (nSPS) is 10.7. The van der Waals surface area contributed by atoms with Gasteiger partial charge < -0.3 is 14.8 Å². The Morgan fingerprint density at radius 3 is 2.44 bits per heavy atom. The number of nitrogens with one attached hydrogen (secondary N) is 2. The maximum Gasteiger partial charge on any atom is 0.209 e. The minimum atomic E-state index is 0.450. The highest BCUT2D eigenvalue weighted by molar-refractivity contribution is 5.94. The molecule has 0 saturated heterocycles. The quantitative estimate of drug-likeness (QED) is 0.219. The third kappa shape index (κ3) is 8.10. The molecule has 27 heavy (non-hydrogen) atoms. The van der Waals surface area contributed by atoms with E-state index in [0.717, 1.165) is 42.9 Å². The number of aliphatic imine (C=N–C) groups is 1. The Morgan fingerprint density at radius 1 is 1.04 bits per heavy atom. The molecule has 7 heteroatoms. The molecule has 1 aromatic carbocycles. The molecule has 2 aromatic rings. The first kappa shape index (κ1) is 20.0. The van der Waals surface area contributed by atoms with Crippen LogP contribution in [0.5, 0.6) is 11.5 Å². The molecule has 0 aliphatic heterocycles. The molecule has 7 nitrogen and oxygen atoms in total. The van der Waals surface area contributed by atoms with Gasteiger partial charge in [-0.15, -0.1) is 0 Å². The van der Waals surface area contributed by atoms with Gasteiger partial charge in [-0.2, -0.15) is 5.26 Å². The van der Waals surface area contributed by atoms with Gasteiger partial charge in [0, 0.05) is 24.6 Å². The Morgan fingerprint density at radius 2 is 1.74 bits per heavy atom. The van der Waals surface area contributed by atoms with Crippen molar-refractivity contribution >= 4 is 11.6 Å². The number of methoxy groups -OCH3 is 1. The summed E-state index contributed by atoms with van der Waals surface area (Å²) in [6.45, 7) is 1.35. The zero-order valence-corrected chi connectivity index (χ0v) is 15.5. The second kappa shape index (κ2) is 12.1. The Balaban J connectivity index is 1.59. The lowest BCUT2D eigenvalue weighted by atomic mass is 10.2. The summed E-state index contributed by atoms with van der Waals surface area (Å²) in [4.78, 5) is 8.35. The number of pyridine rings is 1. The number of guanidine groups is 1. The largest absolute Gasteiger partial charge is 0.497 e. The van der Waals surface area contributed by atoms with Crippen LogP contribution in [0.25, 0.3) is 0 Å². The van der Waals surface area contributed by atoms with Crippen LogP contribution in [0.15, 0.2) is 53.8 Å². The molecular weight excluding hydrogens is 342 g/mol. The fourth-order valence-corrected chi connectivity index (χ4v) is 2.36. The first-order chi connectivity index (χ1) is 13.3. The first-order valence-corrected chi connectivity index (χ1v) is 8.95. The molecule has 2 rings (SSSR count). The number of benzene rings is 1. The summed E-state index contributed by atoms with van der Waals surface area (Å²) < 4.78 is 10.8.